The molecule has 94 valence electrons. The second kappa shape index (κ2) is 5.31. The van der Waals surface area contributed by atoms with Gasteiger partial charge in [0.2, 0.25) is 0 Å². The number of pyridine rings is 1. The van der Waals surface area contributed by atoms with Crippen LogP contribution in [-0.2, 0) is 16.1 Å². The number of hydrogen-bond acceptors (Lipinski definition) is 5. The number of carbonyl (C=O) groups excluding carboxylic acids is 1. The van der Waals surface area contributed by atoms with Gasteiger partial charge in [-0.2, -0.15) is 0 Å². The number of anilines is 1. The Hall–Kier alpha value is -2.37. The zero-order chi connectivity index (χ0) is 13.0. The maximum atomic E-state index is 11.1. The van der Waals surface area contributed by atoms with Gasteiger partial charge in [-0.05, 0) is 6.07 Å². The van der Waals surface area contributed by atoms with Gasteiger partial charge in [0.1, 0.15) is 0 Å². The summed E-state index contributed by atoms with van der Waals surface area (Å²) in [6, 6.07) is 1.73. The number of rotatable bonds is 4. The van der Waals surface area contributed by atoms with Crippen LogP contribution in [0.1, 0.15) is 6.42 Å². The van der Waals surface area contributed by atoms with E-state index in [4.69, 9.17) is 5.73 Å². The molecule has 0 saturated heterocycles. The molecular formula is C12H14N4O2. The predicted molar refractivity (Wildman–Crippen MR) is 66.5 cm³/mol. The summed E-state index contributed by atoms with van der Waals surface area (Å²) in [5.74, 6) is -0.256. The van der Waals surface area contributed by atoms with Crippen molar-refractivity contribution in [3.8, 4) is 11.3 Å². The number of hydrogen-bond donors (Lipinski definition) is 1. The second-order valence-corrected chi connectivity index (χ2v) is 3.76. The van der Waals surface area contributed by atoms with Crippen molar-refractivity contribution in [2.75, 3.05) is 12.8 Å². The maximum absolute atomic E-state index is 11.1. The molecule has 6 heteroatoms. The predicted octanol–water partition coefficient (Wildman–Crippen LogP) is 1.09. The van der Waals surface area contributed by atoms with Gasteiger partial charge in [0, 0.05) is 30.2 Å². The first-order chi connectivity index (χ1) is 8.72. The number of nitrogen functional groups attached to an aromatic ring is 1. The summed E-state index contributed by atoms with van der Waals surface area (Å²) >= 11 is 0. The fraction of sp³-hybridized carbons (Fsp3) is 0.250. The number of imidazole rings is 1. The van der Waals surface area contributed by atoms with Gasteiger partial charge in [-0.1, -0.05) is 0 Å². The number of nitrogens with zero attached hydrogens (tertiary/aromatic N) is 3. The maximum Gasteiger partial charge on any atom is 0.307 e. The number of esters is 1. The van der Waals surface area contributed by atoms with Crippen LogP contribution < -0.4 is 5.73 Å². The van der Waals surface area contributed by atoms with Crippen LogP contribution in [0.25, 0.3) is 11.3 Å². The van der Waals surface area contributed by atoms with Crippen LogP contribution in [0.15, 0.2) is 31.0 Å². The van der Waals surface area contributed by atoms with Gasteiger partial charge in [-0.25, -0.2) is 4.98 Å². The van der Waals surface area contributed by atoms with Crippen molar-refractivity contribution in [3.05, 3.63) is 31.0 Å². The average molecular weight is 246 g/mol. The fourth-order valence-corrected chi connectivity index (χ4v) is 1.66. The van der Waals surface area contributed by atoms with E-state index in [0.29, 0.717) is 18.7 Å². The Labute approximate surface area is 104 Å². The zero-order valence-corrected chi connectivity index (χ0v) is 10.0. The Morgan fingerprint density at radius 2 is 2.28 bits per heavy atom. The lowest BCUT2D eigenvalue weighted by atomic mass is 10.2. The summed E-state index contributed by atoms with van der Waals surface area (Å²) in [7, 11) is 1.37. The highest BCUT2D eigenvalue weighted by atomic mass is 16.5. The summed E-state index contributed by atoms with van der Waals surface area (Å²) in [6.45, 7) is 0.496. The van der Waals surface area contributed by atoms with Crippen LogP contribution in [0.5, 0.6) is 0 Å². The van der Waals surface area contributed by atoms with Gasteiger partial charge in [-0.3, -0.25) is 9.78 Å². The van der Waals surface area contributed by atoms with Crippen molar-refractivity contribution in [1.82, 2.24) is 14.5 Å². The van der Waals surface area contributed by atoms with Crippen molar-refractivity contribution >= 4 is 11.7 Å². The third kappa shape index (κ3) is 2.48. The Morgan fingerprint density at radius 3 is 3.00 bits per heavy atom. The fourth-order valence-electron chi connectivity index (χ4n) is 1.66. The topological polar surface area (TPSA) is 83.0 Å². The number of aromatic nitrogens is 3. The molecule has 0 aliphatic carbocycles. The largest absolute Gasteiger partial charge is 0.469 e. The van der Waals surface area contributed by atoms with Crippen LogP contribution in [0.2, 0.25) is 0 Å². The molecular weight excluding hydrogens is 232 g/mol. The van der Waals surface area contributed by atoms with Crippen LogP contribution in [0.3, 0.4) is 0 Å². The van der Waals surface area contributed by atoms with Gasteiger partial charge >= 0.3 is 5.97 Å². The monoisotopic (exact) mass is 246 g/mol. The van der Waals surface area contributed by atoms with Crippen molar-refractivity contribution in [3.63, 3.8) is 0 Å². The van der Waals surface area contributed by atoms with Gasteiger partial charge in [0.25, 0.3) is 0 Å². The smallest absolute Gasteiger partial charge is 0.307 e. The average Bonchev–Trinajstić information content (AvgIpc) is 2.84. The molecule has 0 atom stereocenters. The molecule has 0 aliphatic heterocycles. The molecule has 0 aromatic carbocycles. The van der Waals surface area contributed by atoms with Crippen LogP contribution in [0.4, 0.5) is 5.69 Å². The van der Waals surface area contributed by atoms with E-state index in [9.17, 15) is 4.79 Å². The molecule has 6 nitrogen and oxygen atoms in total. The first kappa shape index (κ1) is 12.1. The Morgan fingerprint density at radius 1 is 1.44 bits per heavy atom. The van der Waals surface area contributed by atoms with Crippen molar-refractivity contribution in [2.45, 2.75) is 13.0 Å². The van der Waals surface area contributed by atoms with Gasteiger partial charge < -0.3 is 15.0 Å². The molecule has 0 radical (unpaired) electrons. The molecule has 2 aromatic heterocycles. The molecule has 2 aromatic rings. The van der Waals surface area contributed by atoms with E-state index in [1.807, 2.05) is 4.57 Å². The molecule has 0 saturated carbocycles. The first-order valence-electron chi connectivity index (χ1n) is 5.49. The Kier molecular flexibility index (Phi) is 3.57. The summed E-state index contributed by atoms with van der Waals surface area (Å²) in [5, 5.41) is 0. The lowest BCUT2D eigenvalue weighted by Gasteiger charge is -2.08. The van der Waals surface area contributed by atoms with E-state index in [2.05, 4.69) is 14.7 Å². The standard InChI is InChI=1S/C12H14N4O2/c1-18-12(17)3-5-16-8-15-7-11(16)9-6-14-4-2-10(9)13/h2,4,6-8H,3,5H2,1H3,(H2,13,14). The summed E-state index contributed by atoms with van der Waals surface area (Å²) < 4.78 is 6.46. The van der Waals surface area contributed by atoms with E-state index in [-0.39, 0.29) is 5.97 Å². The third-order valence-corrected chi connectivity index (χ3v) is 2.63. The number of ether oxygens (including phenoxy) is 1. The van der Waals surface area contributed by atoms with Crippen molar-refractivity contribution in [1.29, 1.82) is 0 Å². The van der Waals surface area contributed by atoms with E-state index < -0.39 is 0 Å². The quantitative estimate of drug-likeness (QED) is 0.816. The number of carbonyl (C=O) groups is 1. The van der Waals surface area contributed by atoms with E-state index in [0.717, 1.165) is 11.3 Å². The normalized spacial score (nSPS) is 10.3. The summed E-state index contributed by atoms with van der Waals surface area (Å²) in [6.07, 6.45) is 6.96. The molecule has 0 fully saturated rings. The lowest BCUT2D eigenvalue weighted by Crippen LogP contribution is -2.07. The van der Waals surface area contributed by atoms with Crippen molar-refractivity contribution < 1.29 is 9.53 Å². The minimum Gasteiger partial charge on any atom is -0.469 e. The number of aryl methyl sites for hydroxylation is 1. The summed E-state index contributed by atoms with van der Waals surface area (Å²) in [5.41, 5.74) is 8.16. The van der Waals surface area contributed by atoms with Crippen LogP contribution in [0, 0.1) is 0 Å². The van der Waals surface area contributed by atoms with E-state index >= 15 is 0 Å². The zero-order valence-electron chi connectivity index (χ0n) is 10.0. The highest BCUT2D eigenvalue weighted by Gasteiger charge is 2.09. The summed E-state index contributed by atoms with van der Waals surface area (Å²) in [4.78, 5) is 19.2. The lowest BCUT2D eigenvalue weighted by molar-refractivity contribution is -0.140. The molecule has 18 heavy (non-hydrogen) atoms. The Balaban J connectivity index is 2.23. The number of nitrogens with two attached hydrogens (primary N) is 1. The SMILES string of the molecule is COC(=O)CCn1cncc1-c1cnccc1N. The number of methoxy groups -OCH3 is 1. The molecule has 0 unspecified atom stereocenters. The first-order valence-corrected chi connectivity index (χ1v) is 5.49. The molecule has 2 N–H and O–H groups in total. The molecule has 0 spiro atoms. The highest BCUT2D eigenvalue weighted by Crippen LogP contribution is 2.24. The Bertz CT molecular complexity index is 551. The second-order valence-electron chi connectivity index (χ2n) is 3.76. The van der Waals surface area contributed by atoms with Crippen LogP contribution in [-0.4, -0.2) is 27.6 Å². The third-order valence-electron chi connectivity index (χ3n) is 2.63. The van der Waals surface area contributed by atoms with Gasteiger partial charge in [-0.15, -0.1) is 0 Å². The molecule has 0 aliphatic rings. The van der Waals surface area contributed by atoms with Crippen molar-refractivity contribution in [2.24, 2.45) is 0 Å². The molecule has 2 rings (SSSR count). The minimum atomic E-state index is -0.256. The molecule has 0 amide bonds. The minimum absolute atomic E-state index is 0.256. The van der Waals surface area contributed by atoms with E-state index in [1.165, 1.54) is 7.11 Å². The molecule has 2 heterocycles. The van der Waals surface area contributed by atoms with Gasteiger partial charge in [0.05, 0.1) is 31.7 Å². The van der Waals surface area contributed by atoms with Gasteiger partial charge in [0.15, 0.2) is 0 Å². The highest BCUT2D eigenvalue weighted by molar-refractivity contribution is 5.73. The van der Waals surface area contributed by atoms with Crippen LogP contribution >= 0.6 is 0 Å². The molecule has 0 bridgehead atoms. The van der Waals surface area contributed by atoms with E-state index in [1.54, 1.807) is 31.0 Å².